The van der Waals surface area contributed by atoms with Gasteiger partial charge in [-0.3, -0.25) is 0 Å². The van der Waals surface area contributed by atoms with Crippen molar-refractivity contribution in [1.82, 2.24) is 4.72 Å². The van der Waals surface area contributed by atoms with Crippen molar-refractivity contribution in [1.29, 1.82) is 0 Å². The van der Waals surface area contributed by atoms with E-state index in [1.54, 1.807) is 32.9 Å². The summed E-state index contributed by atoms with van der Waals surface area (Å²) in [6.07, 6.45) is 1.89. The van der Waals surface area contributed by atoms with E-state index in [0.29, 0.717) is 36.0 Å². The molecule has 1 fully saturated rings. The molecule has 2 unspecified atom stereocenters. The van der Waals surface area contributed by atoms with Crippen molar-refractivity contribution < 1.29 is 23.0 Å². The molecule has 1 aliphatic heterocycles. The van der Waals surface area contributed by atoms with Gasteiger partial charge in [-0.1, -0.05) is 6.92 Å². The van der Waals surface area contributed by atoms with Gasteiger partial charge in [-0.15, -0.1) is 0 Å². The fourth-order valence-corrected chi connectivity index (χ4v) is 4.31. The van der Waals surface area contributed by atoms with Gasteiger partial charge in [0.1, 0.15) is 23.2 Å². The maximum Gasteiger partial charge on any atom is 0.212 e. The molecule has 6 nitrogen and oxygen atoms in total. The van der Waals surface area contributed by atoms with Gasteiger partial charge in [-0.05, 0) is 57.2 Å². The predicted octanol–water partition coefficient (Wildman–Crippen LogP) is 2.38. The normalized spacial score (nSPS) is 25.1. The van der Waals surface area contributed by atoms with Crippen LogP contribution in [0.15, 0.2) is 18.2 Å². The number of ether oxygens (including phenoxy) is 2. The summed E-state index contributed by atoms with van der Waals surface area (Å²) in [5, 5.41) is 10.7. The van der Waals surface area contributed by atoms with Gasteiger partial charge in [0.05, 0.1) is 18.4 Å². The Balaban J connectivity index is 1.90. The minimum atomic E-state index is -3.49. The molecule has 0 saturated heterocycles. The van der Waals surface area contributed by atoms with Gasteiger partial charge in [0, 0.05) is 5.56 Å². The van der Waals surface area contributed by atoms with E-state index in [0.717, 1.165) is 0 Å². The number of sulfonamides is 1. The molecule has 1 saturated carbocycles. The van der Waals surface area contributed by atoms with Crippen LogP contribution in [0.25, 0.3) is 0 Å². The Bertz CT molecular complexity index is 727. The second-order valence-electron chi connectivity index (χ2n) is 7.52. The summed E-state index contributed by atoms with van der Waals surface area (Å²) in [5.41, 5.74) is -0.289. The molecule has 0 spiro atoms. The molecule has 0 aromatic heterocycles. The van der Waals surface area contributed by atoms with Crippen LogP contribution in [0.1, 0.15) is 51.6 Å². The Morgan fingerprint density at radius 1 is 1.36 bits per heavy atom. The molecule has 1 heterocycles. The minimum absolute atomic E-state index is 0.0186. The lowest BCUT2D eigenvalue weighted by Crippen LogP contribution is -2.53. The highest BCUT2D eigenvalue weighted by atomic mass is 32.2. The Morgan fingerprint density at radius 2 is 2.08 bits per heavy atom. The first-order chi connectivity index (χ1) is 11.7. The van der Waals surface area contributed by atoms with Gasteiger partial charge in [0.2, 0.25) is 10.0 Å². The smallest absolute Gasteiger partial charge is 0.212 e. The van der Waals surface area contributed by atoms with Gasteiger partial charge in [-0.2, -0.15) is 0 Å². The third-order valence-electron chi connectivity index (χ3n) is 4.68. The van der Waals surface area contributed by atoms with Crippen LogP contribution in [-0.2, 0) is 10.0 Å². The number of hydrogen-bond donors (Lipinski definition) is 2. The molecule has 0 amide bonds. The molecule has 2 atom stereocenters. The largest absolute Gasteiger partial charge is 0.493 e. The lowest BCUT2D eigenvalue weighted by molar-refractivity contribution is -0.0603. The first kappa shape index (κ1) is 18.5. The number of fused-ring (bicyclic) bond motifs is 1. The molecule has 0 radical (unpaired) electrons. The lowest BCUT2D eigenvalue weighted by Gasteiger charge is -2.42. The number of benzene rings is 1. The summed E-state index contributed by atoms with van der Waals surface area (Å²) < 4.78 is 38.9. The molecule has 1 aromatic rings. The van der Waals surface area contributed by atoms with Gasteiger partial charge in [0.25, 0.3) is 0 Å². The SMILES string of the molecule is CCCS(=O)(=O)NC1c2cc(OCC3CC3)ccc2OC(C)(C)C1O. The van der Waals surface area contributed by atoms with E-state index < -0.39 is 27.8 Å². The fourth-order valence-electron chi connectivity index (χ4n) is 3.02. The number of nitrogens with one attached hydrogen (secondary N) is 1. The highest BCUT2D eigenvalue weighted by Crippen LogP contribution is 2.42. The second-order valence-corrected chi connectivity index (χ2v) is 9.39. The summed E-state index contributed by atoms with van der Waals surface area (Å²) in [4.78, 5) is 0. The van der Waals surface area contributed by atoms with E-state index >= 15 is 0 Å². The molecule has 1 aliphatic carbocycles. The highest BCUT2D eigenvalue weighted by Gasteiger charge is 2.44. The molecular formula is C18H27NO5S. The molecule has 0 bridgehead atoms. The number of aliphatic hydroxyl groups is 1. The maximum absolute atomic E-state index is 12.3. The second kappa shape index (κ2) is 6.78. The topological polar surface area (TPSA) is 84.9 Å². The van der Waals surface area contributed by atoms with Crippen molar-refractivity contribution in [2.45, 2.75) is 57.8 Å². The highest BCUT2D eigenvalue weighted by molar-refractivity contribution is 7.89. The zero-order valence-electron chi connectivity index (χ0n) is 15.0. The predicted molar refractivity (Wildman–Crippen MR) is 95.3 cm³/mol. The van der Waals surface area contributed by atoms with Crippen molar-refractivity contribution in [3.8, 4) is 11.5 Å². The number of hydrogen-bond acceptors (Lipinski definition) is 5. The van der Waals surface area contributed by atoms with E-state index in [1.165, 1.54) is 12.8 Å². The fraction of sp³-hybridized carbons (Fsp3) is 0.667. The first-order valence-corrected chi connectivity index (χ1v) is 10.5. The van der Waals surface area contributed by atoms with Crippen molar-refractivity contribution in [3.05, 3.63) is 23.8 Å². The zero-order valence-corrected chi connectivity index (χ0v) is 15.8. The number of rotatable bonds is 7. The lowest BCUT2D eigenvalue weighted by atomic mass is 9.87. The average Bonchev–Trinajstić information content (AvgIpc) is 3.34. The molecule has 2 N–H and O–H groups in total. The first-order valence-electron chi connectivity index (χ1n) is 8.85. The van der Waals surface area contributed by atoms with Crippen LogP contribution in [0.2, 0.25) is 0 Å². The van der Waals surface area contributed by atoms with Gasteiger partial charge >= 0.3 is 0 Å². The Kier molecular flexibility index (Phi) is 5.01. The average molecular weight is 369 g/mol. The summed E-state index contributed by atoms with van der Waals surface area (Å²) in [7, 11) is -3.49. The molecule has 1 aromatic carbocycles. The van der Waals surface area contributed by atoms with Crippen LogP contribution in [0.5, 0.6) is 11.5 Å². The Hall–Kier alpha value is -1.31. The van der Waals surface area contributed by atoms with E-state index in [1.807, 2.05) is 6.07 Å². The summed E-state index contributed by atoms with van der Waals surface area (Å²) >= 11 is 0. The molecule has 25 heavy (non-hydrogen) atoms. The molecule has 2 aliphatic rings. The third kappa shape index (κ3) is 4.27. The summed E-state index contributed by atoms with van der Waals surface area (Å²) in [6, 6.07) is 4.62. The molecular weight excluding hydrogens is 342 g/mol. The Labute approximate surface area is 149 Å². The van der Waals surface area contributed by atoms with Gasteiger partial charge < -0.3 is 14.6 Å². The van der Waals surface area contributed by atoms with Crippen LogP contribution in [-0.4, -0.2) is 37.6 Å². The zero-order chi connectivity index (χ0) is 18.2. The van der Waals surface area contributed by atoms with Gasteiger partial charge in [0.15, 0.2) is 0 Å². The summed E-state index contributed by atoms with van der Waals surface area (Å²) in [6.45, 7) is 5.97. The van der Waals surface area contributed by atoms with E-state index in [4.69, 9.17) is 9.47 Å². The summed E-state index contributed by atoms with van der Waals surface area (Å²) in [5.74, 6) is 1.87. The quantitative estimate of drug-likeness (QED) is 0.771. The van der Waals surface area contributed by atoms with E-state index in [9.17, 15) is 13.5 Å². The van der Waals surface area contributed by atoms with Crippen molar-refractivity contribution in [2.75, 3.05) is 12.4 Å². The molecule has 3 rings (SSSR count). The molecule has 7 heteroatoms. The standard InChI is InChI=1S/C18H27NO5S/c1-4-9-25(21,22)19-16-14-10-13(23-11-12-5-6-12)7-8-15(14)24-18(2,3)17(16)20/h7-8,10,12,16-17,19-20H,4-6,9,11H2,1-3H3. The van der Waals surface area contributed by atoms with Crippen molar-refractivity contribution in [2.24, 2.45) is 5.92 Å². The minimum Gasteiger partial charge on any atom is -0.493 e. The van der Waals surface area contributed by atoms with Crippen molar-refractivity contribution in [3.63, 3.8) is 0 Å². The monoisotopic (exact) mass is 369 g/mol. The van der Waals surface area contributed by atoms with Gasteiger partial charge in [-0.25, -0.2) is 13.1 Å². The molecule has 140 valence electrons. The van der Waals surface area contributed by atoms with Crippen LogP contribution in [0, 0.1) is 5.92 Å². The van der Waals surface area contributed by atoms with Crippen LogP contribution >= 0.6 is 0 Å². The number of aliphatic hydroxyl groups excluding tert-OH is 1. The van der Waals surface area contributed by atoms with E-state index in [-0.39, 0.29) is 5.75 Å². The third-order valence-corrected chi connectivity index (χ3v) is 6.24. The maximum atomic E-state index is 12.3. The van der Waals surface area contributed by atoms with E-state index in [2.05, 4.69) is 4.72 Å². The van der Waals surface area contributed by atoms with Crippen LogP contribution < -0.4 is 14.2 Å². The Morgan fingerprint density at radius 3 is 2.72 bits per heavy atom. The van der Waals surface area contributed by atoms with Crippen LogP contribution in [0.3, 0.4) is 0 Å². The van der Waals surface area contributed by atoms with Crippen molar-refractivity contribution >= 4 is 10.0 Å². The van der Waals surface area contributed by atoms with Crippen LogP contribution in [0.4, 0.5) is 0 Å².